The summed E-state index contributed by atoms with van der Waals surface area (Å²) in [6, 6.07) is 4.07. The van der Waals surface area contributed by atoms with E-state index >= 15 is 0 Å². The van der Waals surface area contributed by atoms with Crippen molar-refractivity contribution in [2.75, 3.05) is 24.5 Å². The third kappa shape index (κ3) is 4.33. The number of rotatable bonds is 1. The lowest BCUT2D eigenvalue weighted by atomic mass is 10.2. The van der Waals surface area contributed by atoms with Gasteiger partial charge in [0.15, 0.2) is 0 Å². The average Bonchev–Trinajstić information content (AvgIpc) is 2.37. The number of amides is 1. The van der Waals surface area contributed by atoms with Crippen molar-refractivity contribution in [3.05, 3.63) is 22.9 Å². The van der Waals surface area contributed by atoms with Crippen molar-refractivity contribution in [3.8, 4) is 0 Å². The lowest BCUT2D eigenvalue weighted by Gasteiger charge is -2.41. The Hall–Kier alpha value is -1.30. The van der Waals surface area contributed by atoms with E-state index in [0.29, 0.717) is 6.54 Å². The SMILES string of the molecule is C[C@@H]1CN(c2ccc(Br)nc2)CCN1C(=O)OC(C)(C)C. The van der Waals surface area contributed by atoms with Gasteiger partial charge >= 0.3 is 6.09 Å². The fourth-order valence-electron chi connectivity index (χ4n) is 2.34. The van der Waals surface area contributed by atoms with Crippen LogP contribution in [0.5, 0.6) is 0 Å². The molecule has 1 aliphatic rings. The van der Waals surface area contributed by atoms with Gasteiger partial charge in [0.2, 0.25) is 0 Å². The van der Waals surface area contributed by atoms with Crippen molar-refractivity contribution in [3.63, 3.8) is 0 Å². The van der Waals surface area contributed by atoms with Crippen molar-refractivity contribution >= 4 is 27.7 Å². The second kappa shape index (κ2) is 6.22. The highest BCUT2D eigenvalue weighted by molar-refractivity contribution is 9.10. The smallest absolute Gasteiger partial charge is 0.410 e. The van der Waals surface area contributed by atoms with E-state index in [2.05, 4.69) is 25.8 Å². The Labute approximate surface area is 134 Å². The number of ether oxygens (including phenoxy) is 1. The van der Waals surface area contributed by atoms with Gasteiger partial charge in [-0.2, -0.15) is 0 Å². The quantitative estimate of drug-likeness (QED) is 0.725. The summed E-state index contributed by atoms with van der Waals surface area (Å²) in [6.45, 7) is 9.93. The molecule has 0 aromatic carbocycles. The number of aromatic nitrogens is 1. The molecule has 116 valence electrons. The Kier molecular flexibility index (Phi) is 4.76. The zero-order valence-corrected chi connectivity index (χ0v) is 14.6. The second-order valence-electron chi connectivity index (χ2n) is 6.31. The van der Waals surface area contributed by atoms with E-state index < -0.39 is 5.60 Å². The molecule has 0 saturated carbocycles. The molecule has 0 unspecified atom stereocenters. The maximum absolute atomic E-state index is 12.2. The third-order valence-corrected chi connectivity index (χ3v) is 3.80. The summed E-state index contributed by atoms with van der Waals surface area (Å²) in [5.74, 6) is 0. The molecule has 5 nitrogen and oxygen atoms in total. The first-order valence-corrected chi connectivity index (χ1v) is 7.92. The normalized spacial score (nSPS) is 19.6. The average molecular weight is 356 g/mol. The Bertz CT molecular complexity index is 499. The Balaban J connectivity index is 1.99. The van der Waals surface area contributed by atoms with Crippen LogP contribution in [0.2, 0.25) is 0 Å². The summed E-state index contributed by atoms with van der Waals surface area (Å²) in [6.07, 6.45) is 1.61. The van der Waals surface area contributed by atoms with E-state index in [1.165, 1.54) is 0 Å². The Morgan fingerprint density at radius 3 is 2.62 bits per heavy atom. The van der Waals surface area contributed by atoms with Crippen molar-refractivity contribution < 1.29 is 9.53 Å². The molecule has 1 aliphatic heterocycles. The van der Waals surface area contributed by atoms with Gasteiger partial charge in [0.1, 0.15) is 10.2 Å². The highest BCUT2D eigenvalue weighted by atomic mass is 79.9. The van der Waals surface area contributed by atoms with Crippen LogP contribution in [0.3, 0.4) is 0 Å². The van der Waals surface area contributed by atoms with Crippen molar-refractivity contribution in [1.29, 1.82) is 0 Å². The Morgan fingerprint density at radius 1 is 1.38 bits per heavy atom. The monoisotopic (exact) mass is 355 g/mol. The minimum atomic E-state index is -0.455. The summed E-state index contributed by atoms with van der Waals surface area (Å²) in [4.78, 5) is 20.5. The standard InChI is InChI=1S/C15H22BrN3O2/c1-11-10-18(12-5-6-13(16)17-9-12)7-8-19(11)14(20)21-15(2,3)4/h5-6,9,11H,7-8,10H2,1-4H3/t11-/m1/s1. The fourth-order valence-corrected chi connectivity index (χ4v) is 2.57. The number of anilines is 1. The minimum Gasteiger partial charge on any atom is -0.444 e. The van der Waals surface area contributed by atoms with Gasteiger partial charge in [0.25, 0.3) is 0 Å². The topological polar surface area (TPSA) is 45.7 Å². The number of hydrogen-bond donors (Lipinski definition) is 0. The lowest BCUT2D eigenvalue weighted by molar-refractivity contribution is 0.0159. The van der Waals surface area contributed by atoms with Crippen LogP contribution in [-0.4, -0.2) is 47.3 Å². The maximum Gasteiger partial charge on any atom is 0.410 e. The first-order chi connectivity index (χ1) is 9.76. The van der Waals surface area contributed by atoms with Crippen LogP contribution in [0.15, 0.2) is 22.9 Å². The van der Waals surface area contributed by atoms with E-state index in [9.17, 15) is 4.79 Å². The molecule has 0 N–H and O–H groups in total. The summed E-state index contributed by atoms with van der Waals surface area (Å²) >= 11 is 3.34. The van der Waals surface area contributed by atoms with Crippen LogP contribution in [0.4, 0.5) is 10.5 Å². The number of carbonyl (C=O) groups is 1. The van der Waals surface area contributed by atoms with Crippen LogP contribution in [0.1, 0.15) is 27.7 Å². The highest BCUT2D eigenvalue weighted by Crippen LogP contribution is 2.21. The molecule has 0 radical (unpaired) electrons. The number of carbonyl (C=O) groups excluding carboxylic acids is 1. The van der Waals surface area contributed by atoms with Crippen LogP contribution >= 0.6 is 15.9 Å². The molecule has 0 bridgehead atoms. The molecule has 6 heteroatoms. The van der Waals surface area contributed by atoms with E-state index in [0.717, 1.165) is 23.4 Å². The molecule has 0 spiro atoms. The summed E-state index contributed by atoms with van der Waals surface area (Å²) in [7, 11) is 0. The predicted octanol–water partition coefficient (Wildman–Crippen LogP) is 3.29. The molecule has 2 rings (SSSR count). The number of piperazine rings is 1. The number of halogens is 1. The molecule has 0 aliphatic carbocycles. The number of nitrogens with zero attached hydrogens (tertiary/aromatic N) is 3. The Morgan fingerprint density at radius 2 is 2.10 bits per heavy atom. The van der Waals surface area contributed by atoms with Gasteiger partial charge in [-0.1, -0.05) is 0 Å². The van der Waals surface area contributed by atoms with Crippen LogP contribution in [0.25, 0.3) is 0 Å². The zero-order chi connectivity index (χ0) is 15.6. The molecule has 1 aromatic heterocycles. The predicted molar refractivity (Wildman–Crippen MR) is 86.6 cm³/mol. The maximum atomic E-state index is 12.2. The lowest BCUT2D eigenvalue weighted by Crippen LogP contribution is -2.55. The van der Waals surface area contributed by atoms with Gasteiger partial charge in [-0.05, 0) is 55.8 Å². The molecule has 1 atom stereocenters. The van der Waals surface area contributed by atoms with Gasteiger partial charge in [-0.15, -0.1) is 0 Å². The first-order valence-electron chi connectivity index (χ1n) is 7.12. The molecule has 1 amide bonds. The molecule has 2 heterocycles. The van der Waals surface area contributed by atoms with Gasteiger partial charge in [0.05, 0.1) is 11.9 Å². The van der Waals surface area contributed by atoms with Crippen molar-refractivity contribution in [1.82, 2.24) is 9.88 Å². The van der Waals surface area contributed by atoms with Gasteiger partial charge in [-0.25, -0.2) is 9.78 Å². The number of hydrogen-bond acceptors (Lipinski definition) is 4. The third-order valence-electron chi connectivity index (χ3n) is 3.33. The highest BCUT2D eigenvalue weighted by Gasteiger charge is 2.30. The van der Waals surface area contributed by atoms with Crippen molar-refractivity contribution in [2.45, 2.75) is 39.3 Å². The molecular formula is C15H22BrN3O2. The molecule has 1 fully saturated rings. The van der Waals surface area contributed by atoms with Crippen LogP contribution in [-0.2, 0) is 4.74 Å². The summed E-state index contributed by atoms with van der Waals surface area (Å²) < 4.78 is 6.28. The molecular weight excluding hydrogens is 334 g/mol. The zero-order valence-electron chi connectivity index (χ0n) is 13.0. The molecule has 21 heavy (non-hydrogen) atoms. The van der Waals surface area contributed by atoms with E-state index in [4.69, 9.17) is 4.74 Å². The summed E-state index contributed by atoms with van der Waals surface area (Å²) in [5.41, 5.74) is 0.623. The first kappa shape index (κ1) is 16.1. The summed E-state index contributed by atoms with van der Waals surface area (Å²) in [5, 5.41) is 0. The van der Waals surface area contributed by atoms with Gasteiger partial charge in [0, 0.05) is 25.7 Å². The van der Waals surface area contributed by atoms with Crippen molar-refractivity contribution in [2.24, 2.45) is 0 Å². The second-order valence-corrected chi connectivity index (χ2v) is 7.12. The van der Waals surface area contributed by atoms with E-state index in [-0.39, 0.29) is 12.1 Å². The van der Waals surface area contributed by atoms with Crippen LogP contribution in [0, 0.1) is 0 Å². The molecule has 1 aromatic rings. The molecule has 1 saturated heterocycles. The van der Waals surface area contributed by atoms with Gasteiger partial charge < -0.3 is 14.5 Å². The van der Waals surface area contributed by atoms with E-state index in [1.807, 2.05) is 46.0 Å². The number of pyridine rings is 1. The fraction of sp³-hybridized carbons (Fsp3) is 0.600. The van der Waals surface area contributed by atoms with E-state index in [1.54, 1.807) is 4.90 Å². The minimum absolute atomic E-state index is 0.109. The van der Waals surface area contributed by atoms with Crippen LogP contribution < -0.4 is 4.90 Å². The van der Waals surface area contributed by atoms with Gasteiger partial charge in [-0.3, -0.25) is 0 Å². The largest absolute Gasteiger partial charge is 0.444 e.